The lowest BCUT2D eigenvalue weighted by molar-refractivity contribution is -0.148. The molecule has 3 fully saturated rings. The number of nitrogens with zero attached hydrogens (tertiary/aromatic N) is 3. The monoisotopic (exact) mass is 597 g/mol. The third kappa shape index (κ3) is 5.05. The first-order valence-corrected chi connectivity index (χ1v) is 15.4. The number of aliphatic hydroxyl groups excluding tert-OH is 1. The molecule has 3 rings (SSSR count). The molecule has 9 atom stereocenters. The Hall–Kier alpha value is -1.32. The average molecular weight is 599 g/mol. The molecule has 9 heteroatoms. The number of thioether (sulfide) groups is 1. The Balaban J connectivity index is 2.16. The first kappa shape index (κ1) is 30.2. The van der Waals surface area contributed by atoms with E-state index in [0.717, 1.165) is 19.3 Å². The summed E-state index contributed by atoms with van der Waals surface area (Å²) in [5.74, 6) is -1.48. The van der Waals surface area contributed by atoms with Gasteiger partial charge in [-0.1, -0.05) is 61.7 Å². The van der Waals surface area contributed by atoms with Crippen LogP contribution in [0, 0.1) is 17.8 Å². The Morgan fingerprint density at radius 2 is 1.89 bits per heavy atom. The Morgan fingerprint density at radius 3 is 2.43 bits per heavy atom. The Kier molecular flexibility index (Phi) is 10.0. The highest BCUT2D eigenvalue weighted by Gasteiger charge is 2.76. The molecule has 208 valence electrons. The maximum Gasteiger partial charge on any atom is 0.247 e. The highest BCUT2D eigenvalue weighted by atomic mass is 79.9. The number of likely N-dealkylation sites (tertiary alicyclic amines) is 1. The zero-order valence-corrected chi connectivity index (χ0v) is 25.3. The van der Waals surface area contributed by atoms with Crippen molar-refractivity contribution in [2.45, 2.75) is 86.3 Å². The molecular weight excluding hydrogens is 554 g/mol. The summed E-state index contributed by atoms with van der Waals surface area (Å²) in [5, 5.41) is 10.4. The van der Waals surface area contributed by atoms with Gasteiger partial charge in [0.25, 0.3) is 0 Å². The molecule has 0 saturated carbocycles. The van der Waals surface area contributed by atoms with Crippen LogP contribution >= 0.6 is 27.7 Å². The van der Waals surface area contributed by atoms with Gasteiger partial charge in [-0.25, -0.2) is 0 Å². The number of fused-ring (bicyclic) bond motifs is 1. The molecule has 1 spiro atoms. The van der Waals surface area contributed by atoms with E-state index in [1.54, 1.807) is 40.8 Å². The zero-order valence-electron chi connectivity index (χ0n) is 22.9. The molecule has 1 N–H and O–H groups in total. The van der Waals surface area contributed by atoms with Crippen LogP contribution in [0.25, 0.3) is 0 Å². The lowest BCUT2D eigenvalue weighted by atomic mass is 9.70. The normalized spacial score (nSPS) is 32.6. The zero-order chi connectivity index (χ0) is 27.7. The number of rotatable bonds is 13. The van der Waals surface area contributed by atoms with Crippen molar-refractivity contribution in [3.8, 4) is 0 Å². The number of halogens is 1. The van der Waals surface area contributed by atoms with Gasteiger partial charge >= 0.3 is 0 Å². The maximum atomic E-state index is 14.5. The van der Waals surface area contributed by atoms with E-state index in [2.05, 4.69) is 36.0 Å². The fraction of sp³-hybridized carbons (Fsp3) is 0.750. The standard InChI is InChI=1S/C28H44BrN3O4S/c1-8-12-18(6)31(14-10-3)27(36)24-28-15-19(29)23(37-28)21(25(34)30(7)13-9-2)22(28)26(35)32(24)20(16-33)17(5)11-4/h9-10,17-24,33H,2-3,8,11-16H2,1,4-7H3/t17-,18?,19?,20-,21+,22-,23+,24?,28?/m0/s1. The molecule has 3 aliphatic heterocycles. The summed E-state index contributed by atoms with van der Waals surface area (Å²) in [4.78, 5) is 47.8. The van der Waals surface area contributed by atoms with Crippen LogP contribution in [0.1, 0.15) is 53.4 Å². The summed E-state index contributed by atoms with van der Waals surface area (Å²) in [6.07, 6.45) is 6.59. The van der Waals surface area contributed by atoms with Gasteiger partial charge in [0, 0.05) is 36.3 Å². The average Bonchev–Trinajstić information content (AvgIpc) is 3.46. The Morgan fingerprint density at radius 1 is 1.24 bits per heavy atom. The summed E-state index contributed by atoms with van der Waals surface area (Å²) < 4.78 is -0.728. The van der Waals surface area contributed by atoms with Crippen LogP contribution in [0.2, 0.25) is 0 Å². The minimum absolute atomic E-state index is 0.0000424. The quantitative estimate of drug-likeness (QED) is 0.258. The molecule has 7 nitrogen and oxygen atoms in total. The second-order valence-electron chi connectivity index (χ2n) is 11.0. The van der Waals surface area contributed by atoms with Crippen LogP contribution < -0.4 is 0 Å². The Bertz CT molecular complexity index is 903. The summed E-state index contributed by atoms with van der Waals surface area (Å²) in [5.41, 5.74) is 0. The van der Waals surface area contributed by atoms with Crippen molar-refractivity contribution < 1.29 is 19.5 Å². The highest BCUT2D eigenvalue weighted by molar-refractivity contribution is 9.09. The molecule has 0 aliphatic carbocycles. The van der Waals surface area contributed by atoms with Crippen molar-refractivity contribution in [2.75, 3.05) is 26.7 Å². The number of aliphatic hydroxyl groups is 1. The third-order valence-electron chi connectivity index (χ3n) is 8.72. The van der Waals surface area contributed by atoms with Crippen LogP contribution in [-0.4, -0.2) is 97.2 Å². The number of amides is 3. The summed E-state index contributed by atoms with van der Waals surface area (Å²) in [6.45, 7) is 16.4. The first-order valence-electron chi connectivity index (χ1n) is 13.6. The van der Waals surface area contributed by atoms with Gasteiger partial charge in [-0.2, -0.15) is 0 Å². The minimum atomic E-state index is -0.743. The molecule has 4 unspecified atom stereocenters. The number of carbonyl (C=O) groups excluding carboxylic acids is 3. The number of alkyl halides is 1. The van der Waals surface area contributed by atoms with Crippen LogP contribution in [0.15, 0.2) is 25.3 Å². The predicted molar refractivity (Wildman–Crippen MR) is 153 cm³/mol. The topological polar surface area (TPSA) is 81.2 Å². The van der Waals surface area contributed by atoms with Gasteiger partial charge in [0.2, 0.25) is 17.7 Å². The van der Waals surface area contributed by atoms with Crippen LogP contribution in [0.5, 0.6) is 0 Å². The third-order valence-corrected chi connectivity index (χ3v) is 11.9. The van der Waals surface area contributed by atoms with E-state index >= 15 is 0 Å². The van der Waals surface area contributed by atoms with E-state index in [1.165, 1.54) is 0 Å². The van der Waals surface area contributed by atoms with Gasteiger partial charge in [-0.15, -0.1) is 24.9 Å². The smallest absolute Gasteiger partial charge is 0.247 e. The molecule has 3 saturated heterocycles. The molecule has 0 radical (unpaired) electrons. The van der Waals surface area contributed by atoms with Gasteiger partial charge in [-0.3, -0.25) is 14.4 Å². The highest BCUT2D eigenvalue weighted by Crippen LogP contribution is 2.68. The molecule has 37 heavy (non-hydrogen) atoms. The van der Waals surface area contributed by atoms with E-state index in [0.29, 0.717) is 19.5 Å². The van der Waals surface area contributed by atoms with Crippen molar-refractivity contribution in [3.63, 3.8) is 0 Å². The fourth-order valence-electron chi connectivity index (χ4n) is 6.70. The molecule has 3 aliphatic rings. The molecule has 2 bridgehead atoms. The van der Waals surface area contributed by atoms with Gasteiger partial charge in [0.05, 0.1) is 29.2 Å². The maximum absolute atomic E-state index is 14.5. The van der Waals surface area contributed by atoms with Crippen molar-refractivity contribution in [3.05, 3.63) is 25.3 Å². The van der Waals surface area contributed by atoms with E-state index in [4.69, 9.17) is 0 Å². The lowest BCUT2D eigenvalue weighted by Crippen LogP contribution is -2.60. The van der Waals surface area contributed by atoms with Crippen molar-refractivity contribution in [1.29, 1.82) is 0 Å². The molecule has 0 aromatic rings. The summed E-state index contributed by atoms with van der Waals surface area (Å²) in [7, 11) is 1.74. The van der Waals surface area contributed by atoms with E-state index in [9.17, 15) is 19.5 Å². The molecular formula is C28H44BrN3O4S. The van der Waals surface area contributed by atoms with Gasteiger partial charge < -0.3 is 19.8 Å². The SMILES string of the molecule is C=CCN(C)C(=O)[C@H]1[C@@H]2SC3(CC2Br)C(C(=O)N(CC=C)C(C)CCC)N([C@@H](CO)[C@@H](C)CC)C(=O)[C@H]13. The van der Waals surface area contributed by atoms with Crippen molar-refractivity contribution in [1.82, 2.24) is 14.7 Å². The minimum Gasteiger partial charge on any atom is -0.394 e. The number of hydrogen-bond acceptors (Lipinski definition) is 5. The second kappa shape index (κ2) is 12.2. The van der Waals surface area contributed by atoms with Gasteiger partial charge in [0.15, 0.2) is 0 Å². The number of carbonyl (C=O) groups is 3. The van der Waals surface area contributed by atoms with Gasteiger partial charge in [-0.05, 0) is 25.7 Å². The van der Waals surface area contributed by atoms with Crippen molar-refractivity contribution >= 4 is 45.4 Å². The van der Waals surface area contributed by atoms with E-state index in [-0.39, 0.29) is 46.4 Å². The largest absolute Gasteiger partial charge is 0.394 e. The van der Waals surface area contributed by atoms with Gasteiger partial charge in [0.1, 0.15) is 6.04 Å². The molecule has 3 heterocycles. The second-order valence-corrected chi connectivity index (χ2v) is 13.7. The lowest BCUT2D eigenvalue weighted by Gasteiger charge is -2.42. The fourth-order valence-corrected chi connectivity index (χ4v) is 10.3. The first-order chi connectivity index (χ1) is 17.6. The predicted octanol–water partition coefficient (Wildman–Crippen LogP) is 3.71. The Labute approximate surface area is 235 Å². The number of likely N-dealkylation sites (N-methyl/N-ethyl adjacent to an activating group) is 1. The number of hydrogen-bond donors (Lipinski definition) is 1. The van der Waals surface area contributed by atoms with E-state index < -0.39 is 28.7 Å². The van der Waals surface area contributed by atoms with Crippen molar-refractivity contribution in [2.24, 2.45) is 17.8 Å². The van der Waals surface area contributed by atoms with E-state index in [1.807, 2.05) is 25.7 Å². The van der Waals surface area contributed by atoms with Crippen LogP contribution in [0.3, 0.4) is 0 Å². The molecule has 0 aromatic heterocycles. The van der Waals surface area contributed by atoms with Crippen LogP contribution in [-0.2, 0) is 14.4 Å². The molecule has 3 amide bonds. The van der Waals surface area contributed by atoms with Crippen LogP contribution in [0.4, 0.5) is 0 Å². The molecule has 0 aromatic carbocycles. The summed E-state index contributed by atoms with van der Waals surface area (Å²) in [6, 6.07) is -1.25. The summed E-state index contributed by atoms with van der Waals surface area (Å²) >= 11 is 5.47.